The normalized spacial score (nSPS) is 14.9. The number of ether oxygens (including phenoxy) is 2. The molecular formula is C18H36NO8P. The first-order valence-electron chi connectivity index (χ1n) is 9.68. The summed E-state index contributed by atoms with van der Waals surface area (Å²) in [6, 6.07) is 0. The highest BCUT2D eigenvalue weighted by atomic mass is 31.2. The second kappa shape index (κ2) is 14.1. The Bertz CT molecular complexity index is 506. The largest absolute Gasteiger partial charge is 0.756 e. The molecule has 9 nitrogen and oxygen atoms in total. The van der Waals surface area contributed by atoms with Gasteiger partial charge in [-0.2, -0.15) is 0 Å². The van der Waals surface area contributed by atoms with E-state index < -0.39 is 32.5 Å². The molecule has 28 heavy (non-hydrogen) atoms. The highest BCUT2D eigenvalue weighted by Gasteiger charge is 2.21. The molecule has 0 radical (unpaired) electrons. The standard InChI is InChI=1S/C18H36NO8P/c1-6-7-8-9-10-11-18(21)27-17(14-24-16(2)20)15-26-28(22,23)25-13-12-19(3,4)5/h17H,6-15H2,1-5H3. The summed E-state index contributed by atoms with van der Waals surface area (Å²) in [6.07, 6.45) is 4.08. The van der Waals surface area contributed by atoms with Crippen LogP contribution in [0.1, 0.15) is 52.4 Å². The first-order valence-corrected chi connectivity index (χ1v) is 11.1. The van der Waals surface area contributed by atoms with Crippen molar-refractivity contribution in [3.05, 3.63) is 0 Å². The van der Waals surface area contributed by atoms with Gasteiger partial charge >= 0.3 is 11.9 Å². The number of carbonyl (C=O) groups excluding carboxylic acids is 2. The van der Waals surface area contributed by atoms with Crippen LogP contribution in [0.25, 0.3) is 0 Å². The van der Waals surface area contributed by atoms with E-state index in [-0.39, 0.29) is 19.6 Å². The fourth-order valence-corrected chi connectivity index (χ4v) is 2.81. The van der Waals surface area contributed by atoms with Gasteiger partial charge in [0.15, 0.2) is 6.10 Å². The number of rotatable bonds is 16. The third-order valence-electron chi connectivity index (χ3n) is 3.69. The van der Waals surface area contributed by atoms with Crippen molar-refractivity contribution in [1.29, 1.82) is 0 Å². The number of nitrogens with zero attached hydrogens (tertiary/aromatic N) is 1. The van der Waals surface area contributed by atoms with Crippen LogP contribution in [0.4, 0.5) is 0 Å². The van der Waals surface area contributed by atoms with Gasteiger partial charge < -0.3 is 27.9 Å². The monoisotopic (exact) mass is 425 g/mol. The van der Waals surface area contributed by atoms with Gasteiger partial charge in [-0.15, -0.1) is 0 Å². The van der Waals surface area contributed by atoms with Crippen molar-refractivity contribution in [3.63, 3.8) is 0 Å². The third kappa shape index (κ3) is 17.1. The summed E-state index contributed by atoms with van der Waals surface area (Å²) in [5, 5.41) is 0. The lowest BCUT2D eigenvalue weighted by Crippen LogP contribution is -2.37. The molecule has 0 aromatic rings. The number of esters is 2. The van der Waals surface area contributed by atoms with Crippen LogP contribution in [0, 0.1) is 0 Å². The van der Waals surface area contributed by atoms with Gasteiger partial charge in [0.2, 0.25) is 0 Å². The minimum Gasteiger partial charge on any atom is -0.756 e. The molecule has 0 N–H and O–H groups in total. The summed E-state index contributed by atoms with van der Waals surface area (Å²) in [4.78, 5) is 34.8. The molecule has 0 bridgehead atoms. The predicted molar refractivity (Wildman–Crippen MR) is 102 cm³/mol. The number of likely N-dealkylation sites (N-methyl/N-ethyl adjacent to an activating group) is 1. The van der Waals surface area contributed by atoms with E-state index in [1.807, 2.05) is 21.1 Å². The molecule has 0 rings (SSSR count). The van der Waals surface area contributed by atoms with Crippen molar-refractivity contribution >= 4 is 19.8 Å². The van der Waals surface area contributed by atoms with Crippen LogP contribution in [0.3, 0.4) is 0 Å². The number of phosphoric ester groups is 1. The van der Waals surface area contributed by atoms with E-state index in [1.54, 1.807) is 0 Å². The van der Waals surface area contributed by atoms with Crippen molar-refractivity contribution in [2.24, 2.45) is 0 Å². The van der Waals surface area contributed by atoms with E-state index in [2.05, 4.69) is 6.92 Å². The van der Waals surface area contributed by atoms with Gasteiger partial charge in [-0.3, -0.25) is 14.2 Å². The highest BCUT2D eigenvalue weighted by molar-refractivity contribution is 7.45. The summed E-state index contributed by atoms with van der Waals surface area (Å²) in [5.74, 6) is -1.05. The van der Waals surface area contributed by atoms with E-state index in [9.17, 15) is 19.0 Å². The average molecular weight is 425 g/mol. The Balaban J connectivity index is 4.44. The predicted octanol–water partition coefficient (Wildman–Crippen LogP) is 2.03. The van der Waals surface area contributed by atoms with Crippen molar-refractivity contribution in [3.8, 4) is 0 Å². The third-order valence-corrected chi connectivity index (χ3v) is 4.65. The van der Waals surface area contributed by atoms with Crippen LogP contribution < -0.4 is 4.89 Å². The van der Waals surface area contributed by atoms with Gasteiger partial charge in [0.25, 0.3) is 7.82 Å². The molecule has 0 saturated carbocycles. The van der Waals surface area contributed by atoms with Gasteiger partial charge in [0.05, 0.1) is 27.7 Å². The molecule has 2 unspecified atom stereocenters. The molecule has 0 aromatic heterocycles. The van der Waals surface area contributed by atoms with Gasteiger partial charge in [-0.1, -0.05) is 32.6 Å². The molecule has 166 valence electrons. The second-order valence-corrected chi connectivity index (χ2v) is 9.08. The quantitative estimate of drug-likeness (QED) is 0.160. The lowest BCUT2D eigenvalue weighted by molar-refractivity contribution is -0.870. The van der Waals surface area contributed by atoms with E-state index >= 15 is 0 Å². The Kier molecular flexibility index (Phi) is 13.6. The molecule has 10 heteroatoms. The molecule has 0 amide bonds. The van der Waals surface area contributed by atoms with Crippen molar-refractivity contribution in [2.45, 2.75) is 58.5 Å². The fourth-order valence-electron chi connectivity index (χ4n) is 2.08. The summed E-state index contributed by atoms with van der Waals surface area (Å²) < 4.78 is 32.0. The number of hydrogen-bond donors (Lipinski definition) is 0. The minimum atomic E-state index is -4.55. The van der Waals surface area contributed by atoms with E-state index in [0.29, 0.717) is 17.4 Å². The number of unbranched alkanes of at least 4 members (excludes halogenated alkanes) is 4. The van der Waals surface area contributed by atoms with Crippen LogP contribution in [-0.2, 0) is 32.7 Å². The maximum Gasteiger partial charge on any atom is 0.306 e. The average Bonchev–Trinajstić information content (AvgIpc) is 2.55. The van der Waals surface area contributed by atoms with E-state index in [0.717, 1.165) is 25.7 Å². The lowest BCUT2D eigenvalue weighted by atomic mass is 10.1. The Morgan fingerprint density at radius 1 is 1.04 bits per heavy atom. The zero-order chi connectivity index (χ0) is 21.6. The smallest absolute Gasteiger partial charge is 0.306 e. The molecular weight excluding hydrogens is 389 g/mol. The van der Waals surface area contributed by atoms with Crippen molar-refractivity contribution in [1.82, 2.24) is 0 Å². The number of phosphoric acid groups is 1. The fraction of sp³-hybridized carbons (Fsp3) is 0.889. The van der Waals surface area contributed by atoms with E-state index in [1.165, 1.54) is 6.92 Å². The van der Waals surface area contributed by atoms with Crippen molar-refractivity contribution < 1.29 is 42.1 Å². The molecule has 0 saturated heterocycles. The first-order chi connectivity index (χ1) is 12.9. The van der Waals surface area contributed by atoms with Crippen LogP contribution in [0.15, 0.2) is 0 Å². The topological polar surface area (TPSA) is 111 Å². The maximum atomic E-state index is 11.9. The number of carbonyl (C=O) groups is 2. The summed E-state index contributed by atoms with van der Waals surface area (Å²) in [7, 11) is 1.15. The molecule has 0 fully saturated rings. The van der Waals surface area contributed by atoms with Crippen molar-refractivity contribution in [2.75, 3.05) is 47.5 Å². The molecule has 0 heterocycles. The molecule has 0 aliphatic carbocycles. The number of hydrogen-bond acceptors (Lipinski definition) is 8. The van der Waals surface area contributed by atoms with Crippen LogP contribution in [-0.4, -0.2) is 70.0 Å². The molecule has 0 spiro atoms. The first kappa shape index (κ1) is 27.0. The lowest BCUT2D eigenvalue weighted by Gasteiger charge is -2.28. The Hall–Kier alpha value is -0.990. The summed E-state index contributed by atoms with van der Waals surface area (Å²) in [5.41, 5.74) is 0. The molecule has 0 aromatic carbocycles. The Morgan fingerprint density at radius 2 is 1.68 bits per heavy atom. The van der Waals surface area contributed by atoms with Crippen LogP contribution in [0.2, 0.25) is 0 Å². The molecule has 2 atom stereocenters. The zero-order valence-corrected chi connectivity index (χ0v) is 18.7. The van der Waals surface area contributed by atoms with Crippen LogP contribution in [0.5, 0.6) is 0 Å². The number of quaternary nitrogens is 1. The Morgan fingerprint density at radius 3 is 2.25 bits per heavy atom. The zero-order valence-electron chi connectivity index (χ0n) is 17.8. The molecule has 0 aliphatic heterocycles. The van der Waals surface area contributed by atoms with Gasteiger partial charge in [-0.05, 0) is 6.42 Å². The van der Waals surface area contributed by atoms with Gasteiger partial charge in [-0.25, -0.2) is 0 Å². The summed E-state index contributed by atoms with van der Waals surface area (Å²) >= 11 is 0. The van der Waals surface area contributed by atoms with E-state index in [4.69, 9.17) is 18.5 Å². The SMILES string of the molecule is CCCCCCCC(=O)OC(COC(C)=O)COP(=O)([O-])OCC[N+](C)(C)C. The summed E-state index contributed by atoms with van der Waals surface area (Å²) in [6.45, 7) is 3.00. The molecule has 0 aliphatic rings. The van der Waals surface area contributed by atoms with Gasteiger partial charge in [0, 0.05) is 13.3 Å². The highest BCUT2D eigenvalue weighted by Crippen LogP contribution is 2.38. The second-order valence-electron chi connectivity index (χ2n) is 7.67. The minimum absolute atomic E-state index is 0.0313. The van der Waals surface area contributed by atoms with Gasteiger partial charge in [0.1, 0.15) is 19.8 Å². The maximum absolute atomic E-state index is 11.9. The van der Waals surface area contributed by atoms with Crippen LogP contribution >= 0.6 is 7.82 Å². The Labute approximate surface area is 168 Å².